The molecule has 0 N–H and O–H groups in total. The van der Waals surface area contributed by atoms with Crippen LogP contribution in [0.3, 0.4) is 0 Å². The third-order valence-electron chi connectivity index (χ3n) is 6.41. The second-order valence-corrected chi connectivity index (χ2v) is 8.35. The molecular weight excluding hydrogens is 366 g/mol. The van der Waals surface area contributed by atoms with E-state index in [0.29, 0.717) is 6.54 Å². The Labute approximate surface area is 173 Å². The Morgan fingerprint density at radius 2 is 1.86 bits per heavy atom. The van der Waals surface area contributed by atoms with Crippen LogP contribution >= 0.6 is 0 Å². The number of carbonyl (C=O) groups is 2. The zero-order chi connectivity index (χ0) is 20.7. The van der Waals surface area contributed by atoms with Gasteiger partial charge in [0, 0.05) is 32.4 Å². The van der Waals surface area contributed by atoms with Crippen molar-refractivity contribution in [2.75, 3.05) is 31.6 Å². The minimum absolute atomic E-state index is 0.102. The van der Waals surface area contributed by atoms with Crippen molar-refractivity contribution < 1.29 is 9.59 Å². The molecule has 4 rings (SSSR count). The molecular formula is C22H31N5O2. The maximum atomic E-state index is 13.3. The Kier molecular flexibility index (Phi) is 5.23. The number of hydrogen-bond donors (Lipinski definition) is 0. The second kappa shape index (κ2) is 7.69. The molecule has 0 radical (unpaired) electrons. The third kappa shape index (κ3) is 3.26. The van der Waals surface area contributed by atoms with Crippen molar-refractivity contribution >= 4 is 23.6 Å². The molecule has 29 heavy (non-hydrogen) atoms. The molecule has 3 amide bonds. The number of fused-ring (bicyclic) bond motifs is 3. The summed E-state index contributed by atoms with van der Waals surface area (Å²) in [6, 6.07) is 5.76. The van der Waals surface area contributed by atoms with E-state index in [1.807, 2.05) is 0 Å². The van der Waals surface area contributed by atoms with Gasteiger partial charge in [-0.05, 0) is 43.5 Å². The molecule has 3 aliphatic heterocycles. The van der Waals surface area contributed by atoms with E-state index in [1.165, 1.54) is 16.0 Å². The molecule has 2 fully saturated rings. The molecule has 0 saturated carbocycles. The van der Waals surface area contributed by atoms with Crippen molar-refractivity contribution in [3.8, 4) is 0 Å². The molecule has 2 atom stereocenters. The molecule has 2 unspecified atom stereocenters. The van der Waals surface area contributed by atoms with Crippen LogP contribution in [0.2, 0.25) is 0 Å². The maximum Gasteiger partial charge on any atom is 0.328 e. The fourth-order valence-corrected chi connectivity index (χ4v) is 4.48. The molecule has 3 aliphatic rings. The van der Waals surface area contributed by atoms with Gasteiger partial charge in [0.05, 0.1) is 0 Å². The standard InChI is InChI=1S/C22H31N5O2/c1-5-6-7-8-11-27-20(28)18-19(24(4)22(27)29)23-21-25(12-13-26(18)21)17-10-9-15(2)16(3)14-17/h9-10,14,18-19H,5-8,11-13H2,1-4H3. The minimum atomic E-state index is -0.439. The summed E-state index contributed by atoms with van der Waals surface area (Å²) in [7, 11) is 1.76. The highest BCUT2D eigenvalue weighted by Gasteiger charge is 2.54. The monoisotopic (exact) mass is 397 g/mol. The van der Waals surface area contributed by atoms with Crippen LogP contribution in [0, 0.1) is 13.8 Å². The maximum absolute atomic E-state index is 13.3. The normalized spacial score (nSPS) is 23.7. The Bertz CT molecular complexity index is 852. The fraction of sp³-hybridized carbons (Fsp3) is 0.591. The highest BCUT2D eigenvalue weighted by Crippen LogP contribution is 2.33. The summed E-state index contributed by atoms with van der Waals surface area (Å²) < 4.78 is 0. The molecule has 3 heterocycles. The van der Waals surface area contributed by atoms with Crippen LogP contribution < -0.4 is 4.90 Å². The van der Waals surface area contributed by atoms with Gasteiger partial charge in [-0.1, -0.05) is 32.3 Å². The Balaban J connectivity index is 1.56. The van der Waals surface area contributed by atoms with E-state index in [9.17, 15) is 9.59 Å². The Morgan fingerprint density at radius 1 is 1.07 bits per heavy atom. The highest BCUT2D eigenvalue weighted by atomic mass is 16.2. The van der Waals surface area contributed by atoms with Gasteiger partial charge in [-0.3, -0.25) is 9.69 Å². The molecule has 0 aliphatic carbocycles. The quantitative estimate of drug-likeness (QED) is 0.693. The van der Waals surface area contributed by atoms with Gasteiger partial charge in [-0.15, -0.1) is 0 Å². The van der Waals surface area contributed by atoms with Crippen LogP contribution in [0.15, 0.2) is 23.2 Å². The zero-order valence-corrected chi connectivity index (χ0v) is 17.9. The lowest BCUT2D eigenvalue weighted by Crippen LogP contribution is -2.64. The van der Waals surface area contributed by atoms with Gasteiger partial charge in [0.15, 0.2) is 12.2 Å². The first kappa shape index (κ1) is 19.7. The number of imide groups is 1. The number of carbonyl (C=O) groups excluding carboxylic acids is 2. The van der Waals surface area contributed by atoms with Crippen molar-refractivity contribution in [3.63, 3.8) is 0 Å². The summed E-state index contributed by atoms with van der Waals surface area (Å²) in [6.45, 7) is 8.40. The first-order valence-electron chi connectivity index (χ1n) is 10.7. The van der Waals surface area contributed by atoms with Crippen LogP contribution in [0.25, 0.3) is 0 Å². The summed E-state index contributed by atoms with van der Waals surface area (Å²) in [5.41, 5.74) is 3.58. The van der Waals surface area contributed by atoms with Crippen LogP contribution in [0.4, 0.5) is 10.5 Å². The summed E-state index contributed by atoms with van der Waals surface area (Å²) in [4.78, 5) is 38.2. The van der Waals surface area contributed by atoms with Gasteiger partial charge in [0.1, 0.15) is 0 Å². The van der Waals surface area contributed by atoms with Crippen LogP contribution in [0.5, 0.6) is 0 Å². The molecule has 1 aromatic rings. The Hall–Kier alpha value is -2.57. The van der Waals surface area contributed by atoms with E-state index in [2.05, 4.69) is 48.8 Å². The topological polar surface area (TPSA) is 59.5 Å². The summed E-state index contributed by atoms with van der Waals surface area (Å²) in [5.74, 6) is 0.708. The number of hydrogen-bond acceptors (Lipinski definition) is 5. The number of likely N-dealkylation sites (N-methyl/N-ethyl adjacent to an activating group) is 1. The minimum Gasteiger partial charge on any atom is -0.325 e. The van der Waals surface area contributed by atoms with E-state index >= 15 is 0 Å². The molecule has 0 aromatic heterocycles. The van der Waals surface area contributed by atoms with E-state index in [1.54, 1.807) is 11.9 Å². The van der Waals surface area contributed by atoms with Crippen LogP contribution in [-0.4, -0.2) is 71.5 Å². The third-order valence-corrected chi connectivity index (χ3v) is 6.41. The summed E-state index contributed by atoms with van der Waals surface area (Å²) in [5, 5.41) is 0. The molecule has 7 nitrogen and oxygen atoms in total. The molecule has 2 saturated heterocycles. The highest BCUT2D eigenvalue weighted by molar-refractivity contribution is 6.08. The zero-order valence-electron chi connectivity index (χ0n) is 17.9. The lowest BCUT2D eigenvalue weighted by atomic mass is 10.1. The fourth-order valence-electron chi connectivity index (χ4n) is 4.48. The number of amides is 3. The van der Waals surface area contributed by atoms with Gasteiger partial charge < -0.3 is 14.7 Å². The number of aryl methyl sites for hydroxylation is 2. The lowest BCUT2D eigenvalue weighted by Gasteiger charge is -2.40. The Morgan fingerprint density at radius 3 is 2.59 bits per heavy atom. The summed E-state index contributed by atoms with van der Waals surface area (Å²) >= 11 is 0. The number of rotatable bonds is 6. The number of anilines is 1. The number of guanidine groups is 1. The lowest BCUT2D eigenvalue weighted by molar-refractivity contribution is -0.137. The average Bonchev–Trinajstić information content (AvgIpc) is 3.27. The SMILES string of the molecule is CCCCCCN1C(=O)C2C(N=C3N(c4ccc(C)c(C)c4)CCN32)N(C)C1=O. The average molecular weight is 398 g/mol. The number of aliphatic imine (C=N–C) groups is 1. The molecule has 156 valence electrons. The summed E-state index contributed by atoms with van der Waals surface area (Å²) in [6.07, 6.45) is 3.72. The number of benzene rings is 1. The van der Waals surface area contributed by atoms with Gasteiger partial charge in [-0.2, -0.15) is 0 Å². The number of nitrogens with zero attached hydrogens (tertiary/aromatic N) is 5. The van der Waals surface area contributed by atoms with E-state index < -0.39 is 12.2 Å². The van der Waals surface area contributed by atoms with Crippen molar-refractivity contribution in [2.24, 2.45) is 4.99 Å². The van der Waals surface area contributed by atoms with Crippen molar-refractivity contribution in [2.45, 2.75) is 58.7 Å². The van der Waals surface area contributed by atoms with Gasteiger partial charge in [0.25, 0.3) is 5.91 Å². The molecule has 0 bridgehead atoms. The van der Waals surface area contributed by atoms with E-state index in [0.717, 1.165) is 50.4 Å². The second-order valence-electron chi connectivity index (χ2n) is 8.35. The van der Waals surface area contributed by atoms with E-state index in [4.69, 9.17) is 4.99 Å². The first-order valence-corrected chi connectivity index (χ1v) is 10.7. The number of urea groups is 1. The van der Waals surface area contributed by atoms with Gasteiger partial charge in [-0.25, -0.2) is 9.79 Å². The van der Waals surface area contributed by atoms with Gasteiger partial charge >= 0.3 is 6.03 Å². The smallest absolute Gasteiger partial charge is 0.325 e. The predicted octanol–water partition coefficient (Wildman–Crippen LogP) is 2.96. The largest absolute Gasteiger partial charge is 0.328 e. The van der Waals surface area contributed by atoms with Crippen molar-refractivity contribution in [1.29, 1.82) is 0 Å². The predicted molar refractivity (Wildman–Crippen MR) is 114 cm³/mol. The van der Waals surface area contributed by atoms with E-state index in [-0.39, 0.29) is 11.9 Å². The van der Waals surface area contributed by atoms with Crippen molar-refractivity contribution in [1.82, 2.24) is 14.7 Å². The molecule has 0 spiro atoms. The van der Waals surface area contributed by atoms with Gasteiger partial charge in [0.2, 0.25) is 5.96 Å². The molecule has 7 heteroatoms. The molecule has 1 aromatic carbocycles. The van der Waals surface area contributed by atoms with Crippen molar-refractivity contribution in [3.05, 3.63) is 29.3 Å². The van der Waals surface area contributed by atoms with Crippen LogP contribution in [0.1, 0.15) is 43.7 Å². The number of unbranched alkanes of at least 4 members (excludes halogenated alkanes) is 3. The first-order chi connectivity index (χ1) is 13.9. The van der Waals surface area contributed by atoms with Crippen LogP contribution in [-0.2, 0) is 4.79 Å².